The van der Waals surface area contributed by atoms with Crippen molar-refractivity contribution in [2.24, 2.45) is 0 Å². The maximum absolute atomic E-state index is 12.8. The molecule has 0 aliphatic carbocycles. The lowest BCUT2D eigenvalue weighted by atomic mass is 9.91. The zero-order valence-corrected chi connectivity index (χ0v) is 18.0. The van der Waals surface area contributed by atoms with Crippen LogP contribution in [-0.4, -0.2) is 69.6 Å². The van der Waals surface area contributed by atoms with Crippen LogP contribution in [0.3, 0.4) is 0 Å². The lowest BCUT2D eigenvalue weighted by Crippen LogP contribution is -2.45. The zero-order valence-electron chi connectivity index (χ0n) is 17.2. The minimum Gasteiger partial charge on any atom is -0.493 e. The van der Waals surface area contributed by atoms with Crippen LogP contribution in [0.2, 0.25) is 0 Å². The number of carbonyl (C=O) groups excluding carboxylic acids is 2. The number of fused-ring (bicyclic) bond motifs is 1. The molecule has 7 nitrogen and oxygen atoms in total. The molecular formula is C21H27N3O4S. The summed E-state index contributed by atoms with van der Waals surface area (Å²) in [6, 6.07) is 8.12. The number of nitrogens with zero attached hydrogens (tertiary/aromatic N) is 2. The molecule has 156 valence electrons. The van der Waals surface area contributed by atoms with Gasteiger partial charge in [0.15, 0.2) is 11.5 Å². The largest absolute Gasteiger partial charge is 0.493 e. The Bertz CT molecular complexity index is 869. The van der Waals surface area contributed by atoms with Crippen LogP contribution in [0.5, 0.6) is 11.5 Å². The number of hydrogen-bond donors (Lipinski definition) is 1. The fraction of sp³-hybridized carbons (Fsp3) is 0.429. The summed E-state index contributed by atoms with van der Waals surface area (Å²) in [6.45, 7) is 1.03. The number of thiophene rings is 1. The summed E-state index contributed by atoms with van der Waals surface area (Å²) in [7, 11) is 6.49. The lowest BCUT2D eigenvalue weighted by molar-refractivity contribution is -0.135. The van der Waals surface area contributed by atoms with Crippen molar-refractivity contribution < 1.29 is 19.1 Å². The third-order valence-corrected chi connectivity index (χ3v) is 6.13. The van der Waals surface area contributed by atoms with Crippen LogP contribution in [0.1, 0.15) is 22.0 Å². The van der Waals surface area contributed by atoms with Gasteiger partial charge in [-0.05, 0) is 41.1 Å². The summed E-state index contributed by atoms with van der Waals surface area (Å²) >= 11 is 1.67. The van der Waals surface area contributed by atoms with Crippen LogP contribution in [0.25, 0.3) is 0 Å². The van der Waals surface area contributed by atoms with E-state index in [1.807, 2.05) is 23.6 Å². The smallest absolute Gasteiger partial charge is 0.239 e. The Labute approximate surface area is 175 Å². The van der Waals surface area contributed by atoms with Gasteiger partial charge in [-0.15, -0.1) is 11.3 Å². The predicted molar refractivity (Wildman–Crippen MR) is 113 cm³/mol. The van der Waals surface area contributed by atoms with Gasteiger partial charge >= 0.3 is 0 Å². The molecule has 1 aliphatic heterocycles. The molecule has 29 heavy (non-hydrogen) atoms. The molecule has 8 heteroatoms. The average molecular weight is 418 g/mol. The second kappa shape index (κ2) is 9.28. The van der Waals surface area contributed by atoms with Gasteiger partial charge in [0.05, 0.1) is 33.4 Å². The van der Waals surface area contributed by atoms with Crippen LogP contribution >= 0.6 is 11.3 Å². The molecule has 0 saturated heterocycles. The van der Waals surface area contributed by atoms with E-state index in [9.17, 15) is 9.59 Å². The average Bonchev–Trinajstić information content (AvgIpc) is 3.26. The monoisotopic (exact) mass is 417 g/mol. The first kappa shape index (κ1) is 21.1. The van der Waals surface area contributed by atoms with E-state index in [0.29, 0.717) is 11.5 Å². The van der Waals surface area contributed by atoms with E-state index < -0.39 is 0 Å². The SMILES string of the molecule is CNC(=O)CN(C)C(=O)CN1CCc2cc(OC)c(OC)cc2[C@@H]1c1cccs1. The number of nitrogens with one attached hydrogen (secondary N) is 1. The Morgan fingerprint density at radius 2 is 2.00 bits per heavy atom. The second-order valence-corrected chi connectivity index (χ2v) is 7.95. The van der Waals surface area contributed by atoms with Gasteiger partial charge in [0, 0.05) is 25.5 Å². The number of ether oxygens (including phenoxy) is 2. The Morgan fingerprint density at radius 1 is 1.28 bits per heavy atom. The summed E-state index contributed by atoms with van der Waals surface area (Å²) < 4.78 is 11.0. The fourth-order valence-electron chi connectivity index (χ4n) is 3.63. The number of carbonyl (C=O) groups is 2. The van der Waals surface area contributed by atoms with Crippen LogP contribution in [-0.2, 0) is 16.0 Å². The Kier molecular flexibility index (Phi) is 6.76. The third kappa shape index (κ3) is 4.54. The minimum atomic E-state index is -0.184. The lowest BCUT2D eigenvalue weighted by Gasteiger charge is -2.37. The number of amides is 2. The van der Waals surface area contributed by atoms with E-state index in [-0.39, 0.29) is 30.9 Å². The van der Waals surface area contributed by atoms with Crippen molar-refractivity contribution in [2.45, 2.75) is 12.5 Å². The summed E-state index contributed by atoms with van der Waals surface area (Å²) in [4.78, 5) is 29.2. The molecule has 1 aliphatic rings. The van der Waals surface area contributed by atoms with Gasteiger partial charge in [-0.2, -0.15) is 0 Å². The van der Waals surface area contributed by atoms with Crippen molar-refractivity contribution in [1.29, 1.82) is 0 Å². The molecule has 2 aromatic rings. The maximum Gasteiger partial charge on any atom is 0.239 e. The van der Waals surface area contributed by atoms with Crippen LogP contribution in [0.15, 0.2) is 29.6 Å². The van der Waals surface area contributed by atoms with E-state index in [2.05, 4.69) is 16.3 Å². The van der Waals surface area contributed by atoms with E-state index >= 15 is 0 Å². The Morgan fingerprint density at radius 3 is 2.62 bits per heavy atom. The van der Waals surface area contributed by atoms with E-state index in [0.717, 1.165) is 18.5 Å². The number of benzene rings is 1. The van der Waals surface area contributed by atoms with Gasteiger partial charge in [0.1, 0.15) is 0 Å². The summed E-state index contributed by atoms with van der Waals surface area (Å²) in [5.41, 5.74) is 2.32. The van der Waals surface area contributed by atoms with Gasteiger partial charge in [0.2, 0.25) is 11.8 Å². The van der Waals surface area contributed by atoms with Gasteiger partial charge < -0.3 is 19.7 Å². The first-order valence-corrected chi connectivity index (χ1v) is 10.3. The molecule has 1 aromatic heterocycles. The van der Waals surface area contributed by atoms with E-state index in [4.69, 9.17) is 9.47 Å². The number of rotatable bonds is 7. The van der Waals surface area contributed by atoms with Crippen molar-refractivity contribution in [2.75, 3.05) is 47.9 Å². The molecule has 1 N–H and O–H groups in total. The third-order valence-electron chi connectivity index (χ3n) is 5.21. The van der Waals surface area contributed by atoms with Crippen molar-refractivity contribution in [3.8, 4) is 11.5 Å². The molecule has 0 unspecified atom stereocenters. The van der Waals surface area contributed by atoms with Crippen LogP contribution in [0, 0.1) is 0 Å². The quantitative estimate of drug-likeness (QED) is 0.745. The highest BCUT2D eigenvalue weighted by Crippen LogP contribution is 2.42. The zero-order chi connectivity index (χ0) is 21.0. The fourth-order valence-corrected chi connectivity index (χ4v) is 4.50. The van der Waals surface area contributed by atoms with Crippen molar-refractivity contribution in [1.82, 2.24) is 15.1 Å². The highest BCUT2D eigenvalue weighted by molar-refractivity contribution is 7.10. The molecule has 1 aromatic carbocycles. The van der Waals surface area contributed by atoms with Crippen molar-refractivity contribution in [3.63, 3.8) is 0 Å². The maximum atomic E-state index is 12.8. The Hall–Kier alpha value is -2.58. The van der Waals surface area contributed by atoms with Crippen LogP contribution in [0.4, 0.5) is 0 Å². The summed E-state index contributed by atoms with van der Waals surface area (Å²) in [5.74, 6) is 1.12. The molecule has 0 bridgehead atoms. The summed E-state index contributed by atoms with van der Waals surface area (Å²) in [5, 5.41) is 4.60. The topological polar surface area (TPSA) is 71.1 Å². The molecule has 0 saturated carbocycles. The van der Waals surface area contributed by atoms with E-state index in [1.165, 1.54) is 15.3 Å². The van der Waals surface area contributed by atoms with Gasteiger partial charge in [-0.3, -0.25) is 14.5 Å². The first-order chi connectivity index (χ1) is 14.0. The molecule has 2 heterocycles. The van der Waals surface area contributed by atoms with E-state index in [1.54, 1.807) is 39.7 Å². The highest BCUT2D eigenvalue weighted by Gasteiger charge is 2.32. The molecule has 3 rings (SSSR count). The molecule has 1 atom stereocenters. The van der Waals surface area contributed by atoms with Gasteiger partial charge in [-0.1, -0.05) is 6.07 Å². The molecule has 2 amide bonds. The number of hydrogen-bond acceptors (Lipinski definition) is 6. The number of methoxy groups -OCH3 is 2. The predicted octanol–water partition coefficient (Wildman–Crippen LogP) is 1.92. The highest BCUT2D eigenvalue weighted by atomic mass is 32.1. The molecule has 0 radical (unpaired) electrons. The number of likely N-dealkylation sites (N-methyl/N-ethyl adjacent to an activating group) is 2. The van der Waals surface area contributed by atoms with Crippen molar-refractivity contribution >= 4 is 23.2 Å². The molecule has 0 fully saturated rings. The first-order valence-electron chi connectivity index (χ1n) is 9.45. The van der Waals surface area contributed by atoms with Crippen LogP contribution < -0.4 is 14.8 Å². The van der Waals surface area contributed by atoms with Crippen molar-refractivity contribution in [3.05, 3.63) is 45.6 Å². The molecular weight excluding hydrogens is 390 g/mol. The minimum absolute atomic E-state index is 0.0455. The summed E-state index contributed by atoms with van der Waals surface area (Å²) in [6.07, 6.45) is 0.810. The van der Waals surface area contributed by atoms with Gasteiger partial charge in [-0.25, -0.2) is 0 Å². The van der Waals surface area contributed by atoms with Gasteiger partial charge in [0.25, 0.3) is 0 Å². The second-order valence-electron chi connectivity index (χ2n) is 6.97. The normalized spacial score (nSPS) is 16.1. The molecule has 0 spiro atoms. The standard InChI is InChI=1S/C21H27N3O4S/c1-22-19(25)12-23(2)20(26)13-24-8-7-14-10-16(27-3)17(28-4)11-15(14)21(24)18-6-5-9-29-18/h5-6,9-11,21H,7-8,12-13H2,1-4H3,(H,22,25)/t21-/m1/s1. The Balaban J connectivity index is 1.91.